The Bertz CT molecular complexity index is 781. The molecule has 1 unspecified atom stereocenters. The Morgan fingerprint density at radius 2 is 2.09 bits per heavy atom. The van der Waals surface area contributed by atoms with Gasteiger partial charge in [0.2, 0.25) is 10.0 Å². The van der Waals surface area contributed by atoms with Crippen molar-refractivity contribution in [3.63, 3.8) is 0 Å². The van der Waals surface area contributed by atoms with Gasteiger partial charge in [-0.05, 0) is 12.1 Å². The number of imidazole rings is 1. The molecule has 1 aromatic heterocycles. The Balaban J connectivity index is 0.00000192. The van der Waals surface area contributed by atoms with Gasteiger partial charge in [-0.15, -0.1) is 12.4 Å². The first-order valence-corrected chi connectivity index (χ1v) is 8.40. The molecule has 1 saturated heterocycles. The zero-order valence-corrected chi connectivity index (χ0v) is 14.1. The summed E-state index contributed by atoms with van der Waals surface area (Å²) in [6, 6.07) is 4.99. The summed E-state index contributed by atoms with van der Waals surface area (Å²) in [5, 5.41) is 3.17. The van der Waals surface area contributed by atoms with Gasteiger partial charge in [-0.3, -0.25) is 0 Å². The highest BCUT2D eigenvalue weighted by atomic mass is 35.5. The Morgan fingerprint density at radius 3 is 2.74 bits per heavy atom. The summed E-state index contributed by atoms with van der Waals surface area (Å²) < 4.78 is 42.7. The summed E-state index contributed by atoms with van der Waals surface area (Å²) >= 11 is 0. The highest BCUT2D eigenvalue weighted by Gasteiger charge is 2.37. The predicted molar refractivity (Wildman–Crippen MR) is 86.4 cm³/mol. The second kappa shape index (κ2) is 6.96. The van der Waals surface area contributed by atoms with Gasteiger partial charge < -0.3 is 9.88 Å². The largest absolute Gasteiger partial charge is 0.337 e. The van der Waals surface area contributed by atoms with Crippen molar-refractivity contribution in [1.82, 2.24) is 19.2 Å². The number of benzene rings is 1. The van der Waals surface area contributed by atoms with Gasteiger partial charge in [0.05, 0.1) is 6.04 Å². The lowest BCUT2D eigenvalue weighted by Crippen LogP contribution is -2.49. The first-order chi connectivity index (χ1) is 10.5. The monoisotopic (exact) mass is 360 g/mol. The summed E-state index contributed by atoms with van der Waals surface area (Å²) in [6.45, 7) is 1.24. The van der Waals surface area contributed by atoms with Crippen LogP contribution in [0.2, 0.25) is 0 Å². The number of halogens is 2. The molecule has 9 heteroatoms. The fourth-order valence-corrected chi connectivity index (χ4v) is 4.33. The number of hydrogen-bond donors (Lipinski definition) is 1. The Labute approximate surface area is 140 Å². The fourth-order valence-electron chi connectivity index (χ4n) is 2.67. The van der Waals surface area contributed by atoms with Crippen molar-refractivity contribution in [2.24, 2.45) is 7.05 Å². The van der Waals surface area contributed by atoms with Gasteiger partial charge in [0.25, 0.3) is 0 Å². The molecule has 0 saturated carbocycles. The molecule has 1 N–H and O–H groups in total. The number of nitrogens with zero attached hydrogens (tertiary/aromatic N) is 3. The molecule has 1 atom stereocenters. The van der Waals surface area contributed by atoms with Crippen LogP contribution in [0.15, 0.2) is 41.6 Å². The van der Waals surface area contributed by atoms with Gasteiger partial charge in [0, 0.05) is 39.1 Å². The second-order valence-electron chi connectivity index (χ2n) is 5.16. The molecule has 6 nitrogen and oxygen atoms in total. The maximum Gasteiger partial charge on any atom is 0.246 e. The van der Waals surface area contributed by atoms with Crippen LogP contribution >= 0.6 is 12.4 Å². The predicted octanol–water partition coefficient (Wildman–Crippen LogP) is 1.32. The number of piperazine rings is 1. The molecular weight excluding hydrogens is 343 g/mol. The molecule has 23 heavy (non-hydrogen) atoms. The van der Waals surface area contributed by atoms with E-state index >= 15 is 0 Å². The van der Waals surface area contributed by atoms with Crippen LogP contribution < -0.4 is 5.32 Å². The molecule has 0 radical (unpaired) electrons. The van der Waals surface area contributed by atoms with E-state index in [1.807, 2.05) is 7.05 Å². The van der Waals surface area contributed by atoms with Crippen LogP contribution in [0.25, 0.3) is 0 Å². The fraction of sp³-hybridized carbons (Fsp3) is 0.357. The van der Waals surface area contributed by atoms with E-state index in [1.54, 1.807) is 17.0 Å². The lowest BCUT2D eigenvalue weighted by atomic mass is 10.2. The maximum atomic E-state index is 13.9. The van der Waals surface area contributed by atoms with Crippen LogP contribution in [0.5, 0.6) is 0 Å². The van der Waals surface area contributed by atoms with Crippen molar-refractivity contribution in [1.29, 1.82) is 0 Å². The smallest absolute Gasteiger partial charge is 0.246 e. The van der Waals surface area contributed by atoms with Gasteiger partial charge >= 0.3 is 0 Å². The van der Waals surface area contributed by atoms with Crippen LogP contribution in [0, 0.1) is 5.82 Å². The van der Waals surface area contributed by atoms with E-state index in [4.69, 9.17) is 0 Å². The third-order valence-corrected chi connectivity index (χ3v) is 5.72. The normalized spacial score (nSPS) is 19.3. The molecule has 1 aliphatic heterocycles. The SMILES string of the molecule is Cl.Cn1ccnc1C1CNCCN1S(=O)(=O)c1ccccc1F. The van der Waals surface area contributed by atoms with Crippen molar-refractivity contribution in [2.75, 3.05) is 19.6 Å². The Hall–Kier alpha value is -1.48. The highest BCUT2D eigenvalue weighted by molar-refractivity contribution is 7.89. The van der Waals surface area contributed by atoms with E-state index in [0.29, 0.717) is 18.9 Å². The molecule has 0 amide bonds. The Kier molecular flexibility index (Phi) is 5.41. The molecule has 1 aromatic carbocycles. The zero-order chi connectivity index (χ0) is 15.7. The topological polar surface area (TPSA) is 67.2 Å². The summed E-state index contributed by atoms with van der Waals surface area (Å²) in [5.74, 6) is -0.105. The number of rotatable bonds is 3. The van der Waals surface area contributed by atoms with Crippen molar-refractivity contribution < 1.29 is 12.8 Å². The van der Waals surface area contributed by atoms with E-state index in [1.165, 1.54) is 22.5 Å². The van der Waals surface area contributed by atoms with Crippen LogP contribution in [-0.2, 0) is 17.1 Å². The van der Waals surface area contributed by atoms with Gasteiger partial charge in [0.1, 0.15) is 16.5 Å². The Morgan fingerprint density at radius 1 is 1.35 bits per heavy atom. The zero-order valence-electron chi connectivity index (χ0n) is 12.5. The van der Waals surface area contributed by atoms with E-state index in [-0.39, 0.29) is 23.8 Å². The van der Waals surface area contributed by atoms with Gasteiger partial charge in [-0.2, -0.15) is 4.31 Å². The van der Waals surface area contributed by atoms with Crippen LogP contribution in [-0.4, -0.2) is 41.9 Å². The molecule has 126 valence electrons. The summed E-state index contributed by atoms with van der Waals surface area (Å²) in [5.41, 5.74) is 0. The van der Waals surface area contributed by atoms with Crippen LogP contribution in [0.1, 0.15) is 11.9 Å². The van der Waals surface area contributed by atoms with Gasteiger partial charge in [-0.25, -0.2) is 17.8 Å². The van der Waals surface area contributed by atoms with E-state index in [2.05, 4.69) is 10.3 Å². The van der Waals surface area contributed by atoms with Gasteiger partial charge in [-0.1, -0.05) is 12.1 Å². The third kappa shape index (κ3) is 3.25. The van der Waals surface area contributed by atoms with Crippen molar-refractivity contribution in [3.8, 4) is 0 Å². The van der Waals surface area contributed by atoms with Crippen molar-refractivity contribution in [3.05, 3.63) is 48.3 Å². The molecule has 2 aromatic rings. The second-order valence-corrected chi connectivity index (χ2v) is 7.02. The van der Waals surface area contributed by atoms with E-state index < -0.39 is 21.9 Å². The average Bonchev–Trinajstić information content (AvgIpc) is 2.93. The van der Waals surface area contributed by atoms with Gasteiger partial charge in [0.15, 0.2) is 0 Å². The van der Waals surface area contributed by atoms with Crippen LogP contribution in [0.4, 0.5) is 4.39 Å². The standard InChI is InChI=1S/C14H17FN4O2S.ClH/c1-18-8-7-17-14(18)12-10-16-6-9-19(12)22(20,21)13-5-3-2-4-11(13)15;/h2-5,7-8,12,16H,6,9-10H2,1H3;1H. The highest BCUT2D eigenvalue weighted by Crippen LogP contribution is 2.28. The third-order valence-electron chi connectivity index (χ3n) is 3.77. The average molecular weight is 361 g/mol. The van der Waals surface area contributed by atoms with E-state index in [9.17, 15) is 12.8 Å². The molecule has 0 bridgehead atoms. The number of sulfonamides is 1. The molecule has 1 aliphatic rings. The molecule has 0 spiro atoms. The summed E-state index contributed by atoms with van der Waals surface area (Å²) in [6.07, 6.45) is 3.38. The van der Waals surface area contributed by atoms with Crippen molar-refractivity contribution >= 4 is 22.4 Å². The lowest BCUT2D eigenvalue weighted by molar-refractivity contribution is 0.257. The molecule has 3 rings (SSSR count). The summed E-state index contributed by atoms with van der Waals surface area (Å²) in [4.78, 5) is 3.95. The van der Waals surface area contributed by atoms with E-state index in [0.717, 1.165) is 6.07 Å². The minimum absolute atomic E-state index is 0. The van der Waals surface area contributed by atoms with Crippen LogP contribution in [0.3, 0.4) is 0 Å². The number of aromatic nitrogens is 2. The summed E-state index contributed by atoms with van der Waals surface area (Å²) in [7, 11) is -2.11. The number of aryl methyl sites for hydroxylation is 1. The molecule has 2 heterocycles. The minimum atomic E-state index is -3.92. The lowest BCUT2D eigenvalue weighted by Gasteiger charge is -2.34. The molecule has 1 fully saturated rings. The quantitative estimate of drug-likeness (QED) is 0.896. The molecule has 0 aliphatic carbocycles. The minimum Gasteiger partial charge on any atom is -0.337 e. The number of nitrogens with one attached hydrogen (secondary N) is 1. The number of hydrogen-bond acceptors (Lipinski definition) is 4. The maximum absolute atomic E-state index is 13.9. The molecular formula is C14H18ClFN4O2S. The first kappa shape index (κ1) is 17.9. The first-order valence-electron chi connectivity index (χ1n) is 6.96. The van der Waals surface area contributed by atoms with Crippen molar-refractivity contribution in [2.45, 2.75) is 10.9 Å².